The molecule has 6 aromatic rings. The van der Waals surface area contributed by atoms with Gasteiger partial charge in [0.2, 0.25) is 5.91 Å². The molecular formula is C33H29N7O2. The number of rotatable bonds is 6. The number of H-pyrrole nitrogens is 2. The number of carbonyl (C=O) groups is 2. The Hall–Kier alpha value is -5.31. The third-order valence-corrected chi connectivity index (χ3v) is 7.97. The number of hydrogen-bond acceptors (Lipinski definition) is 5. The van der Waals surface area contributed by atoms with Gasteiger partial charge in [-0.15, -0.1) is 0 Å². The number of amides is 2. The number of aryl methyl sites for hydroxylation is 2. The fourth-order valence-corrected chi connectivity index (χ4v) is 5.57. The second kappa shape index (κ2) is 10.3. The zero-order valence-electron chi connectivity index (χ0n) is 23.4. The summed E-state index contributed by atoms with van der Waals surface area (Å²) in [7, 11) is 0. The van der Waals surface area contributed by atoms with Crippen molar-refractivity contribution < 1.29 is 9.59 Å². The summed E-state index contributed by atoms with van der Waals surface area (Å²) in [4.78, 5) is 47.1. The van der Waals surface area contributed by atoms with Gasteiger partial charge >= 0.3 is 0 Å². The number of benzene rings is 2. The second-order valence-corrected chi connectivity index (χ2v) is 10.8. The van der Waals surface area contributed by atoms with Gasteiger partial charge in [0.05, 0.1) is 17.6 Å². The van der Waals surface area contributed by atoms with E-state index in [1.807, 2.05) is 59.8 Å². The average Bonchev–Trinajstić information content (AvgIpc) is 3.74. The molecule has 0 atom stereocenters. The van der Waals surface area contributed by atoms with Gasteiger partial charge in [-0.25, -0.2) is 9.97 Å². The van der Waals surface area contributed by atoms with Crippen LogP contribution in [-0.4, -0.2) is 43.3 Å². The number of hydrogen-bond donors (Lipinski definition) is 3. The highest BCUT2D eigenvalue weighted by molar-refractivity contribution is 6.02. The van der Waals surface area contributed by atoms with Crippen LogP contribution in [0, 0.1) is 13.8 Å². The maximum Gasteiger partial charge on any atom is 0.268 e. The van der Waals surface area contributed by atoms with Gasteiger partial charge in [0.25, 0.3) is 5.91 Å². The summed E-state index contributed by atoms with van der Waals surface area (Å²) in [5.74, 6) is 0.629. The number of aromatic amines is 2. The number of fused-ring (bicyclic) bond motifs is 2. The minimum Gasteiger partial charge on any atom is -0.344 e. The van der Waals surface area contributed by atoms with E-state index in [1.165, 1.54) is 11.1 Å². The summed E-state index contributed by atoms with van der Waals surface area (Å²) in [5, 5.41) is 3.79. The molecule has 1 aliphatic heterocycles. The highest BCUT2D eigenvalue weighted by Gasteiger charge is 2.21. The molecule has 7 rings (SSSR count). The van der Waals surface area contributed by atoms with Gasteiger partial charge in [-0.3, -0.25) is 14.6 Å². The molecule has 0 unspecified atom stereocenters. The fraction of sp³-hybridized carbons (Fsp3) is 0.182. The van der Waals surface area contributed by atoms with Gasteiger partial charge in [-0.2, -0.15) is 0 Å². The van der Waals surface area contributed by atoms with E-state index in [2.05, 4.69) is 56.2 Å². The third-order valence-electron chi connectivity index (χ3n) is 7.97. The molecule has 5 heterocycles. The van der Waals surface area contributed by atoms with Crippen LogP contribution in [0.3, 0.4) is 0 Å². The molecule has 0 aliphatic carbocycles. The number of imidazole rings is 1. The zero-order valence-corrected chi connectivity index (χ0v) is 23.4. The van der Waals surface area contributed by atoms with Crippen molar-refractivity contribution >= 4 is 39.6 Å². The Morgan fingerprint density at radius 1 is 0.952 bits per heavy atom. The molecular weight excluding hydrogens is 526 g/mol. The van der Waals surface area contributed by atoms with E-state index >= 15 is 0 Å². The van der Waals surface area contributed by atoms with Crippen molar-refractivity contribution in [3.05, 3.63) is 95.8 Å². The first-order chi connectivity index (χ1) is 20.4. The quantitative estimate of drug-likeness (QED) is 0.238. The third kappa shape index (κ3) is 4.68. The largest absolute Gasteiger partial charge is 0.344 e. The smallest absolute Gasteiger partial charge is 0.268 e. The first-order valence-corrected chi connectivity index (χ1v) is 14.0. The molecule has 208 valence electrons. The number of aromatic nitrogens is 5. The summed E-state index contributed by atoms with van der Waals surface area (Å²) >= 11 is 0. The van der Waals surface area contributed by atoms with Gasteiger partial charge in [0.1, 0.15) is 17.2 Å². The molecule has 0 saturated carbocycles. The Balaban J connectivity index is 1.12. The van der Waals surface area contributed by atoms with E-state index in [1.54, 1.807) is 6.20 Å². The molecule has 1 saturated heterocycles. The van der Waals surface area contributed by atoms with Crippen LogP contribution >= 0.6 is 0 Å². The van der Waals surface area contributed by atoms with Crippen molar-refractivity contribution in [3.63, 3.8) is 0 Å². The molecule has 42 heavy (non-hydrogen) atoms. The maximum atomic E-state index is 13.1. The topological polar surface area (TPSA) is 120 Å². The van der Waals surface area contributed by atoms with Crippen LogP contribution in [0.15, 0.2) is 73.2 Å². The summed E-state index contributed by atoms with van der Waals surface area (Å²) in [6.07, 6.45) is 6.87. The van der Waals surface area contributed by atoms with Crippen molar-refractivity contribution in [2.24, 2.45) is 0 Å². The van der Waals surface area contributed by atoms with Crippen molar-refractivity contribution in [2.75, 3.05) is 11.4 Å². The Labute approximate surface area is 242 Å². The van der Waals surface area contributed by atoms with Gasteiger partial charge in [0.15, 0.2) is 0 Å². The lowest BCUT2D eigenvalue weighted by Crippen LogP contribution is -2.23. The molecule has 9 heteroatoms. The predicted octanol–water partition coefficient (Wildman–Crippen LogP) is 5.84. The first kappa shape index (κ1) is 25.6. The lowest BCUT2D eigenvalue weighted by atomic mass is 10.0. The number of pyridine rings is 2. The van der Waals surface area contributed by atoms with Gasteiger partial charge in [-0.05, 0) is 85.0 Å². The molecule has 3 N–H and O–H groups in total. The van der Waals surface area contributed by atoms with E-state index in [4.69, 9.17) is 0 Å². The molecule has 2 amide bonds. The molecule has 0 radical (unpaired) electrons. The van der Waals surface area contributed by atoms with Crippen LogP contribution in [0.5, 0.6) is 0 Å². The van der Waals surface area contributed by atoms with Crippen LogP contribution < -0.4 is 10.2 Å². The minimum atomic E-state index is -0.241. The monoisotopic (exact) mass is 555 g/mol. The molecule has 0 spiro atoms. The number of anilines is 1. The summed E-state index contributed by atoms with van der Waals surface area (Å²) in [6, 6.07) is 18.0. The lowest BCUT2D eigenvalue weighted by molar-refractivity contribution is -0.117. The van der Waals surface area contributed by atoms with E-state index in [-0.39, 0.29) is 18.4 Å². The first-order valence-electron chi connectivity index (χ1n) is 14.0. The highest BCUT2D eigenvalue weighted by Crippen LogP contribution is 2.32. The van der Waals surface area contributed by atoms with Crippen molar-refractivity contribution in [1.29, 1.82) is 0 Å². The molecule has 1 fully saturated rings. The van der Waals surface area contributed by atoms with Crippen LogP contribution in [0.4, 0.5) is 5.69 Å². The normalized spacial score (nSPS) is 13.4. The predicted molar refractivity (Wildman–Crippen MR) is 163 cm³/mol. The van der Waals surface area contributed by atoms with E-state index in [0.29, 0.717) is 23.6 Å². The van der Waals surface area contributed by atoms with Crippen LogP contribution in [0.1, 0.15) is 40.3 Å². The Bertz CT molecular complexity index is 1950. The van der Waals surface area contributed by atoms with Crippen LogP contribution in [0.2, 0.25) is 0 Å². The Kier molecular flexibility index (Phi) is 6.27. The van der Waals surface area contributed by atoms with E-state index < -0.39 is 0 Å². The number of nitrogens with one attached hydrogen (secondary N) is 3. The minimum absolute atomic E-state index is 0.173. The van der Waals surface area contributed by atoms with E-state index in [9.17, 15) is 9.59 Å². The van der Waals surface area contributed by atoms with Crippen LogP contribution in [0.25, 0.3) is 44.3 Å². The summed E-state index contributed by atoms with van der Waals surface area (Å²) in [5.41, 5.74) is 9.98. The van der Waals surface area contributed by atoms with Crippen molar-refractivity contribution in [3.8, 4) is 22.3 Å². The lowest BCUT2D eigenvalue weighted by Gasteiger charge is -2.16. The standard InChI is InChI=1S/C33H29N7O2/c1-19-12-27-28(13-20(19)2)38-30(37-27)18-36-33(42)29-15-26-25(9-10-35-32(26)39-29)23-14-22(16-34-17-23)21-5-7-24(8-6-21)40-11-3-4-31(40)41/h5-10,12-17H,3-4,11,18H2,1-2H3,(H,35,39)(H,36,42)(H,37,38). The second-order valence-electron chi connectivity index (χ2n) is 10.8. The molecule has 1 aliphatic rings. The van der Waals surface area contributed by atoms with Gasteiger partial charge < -0.3 is 20.2 Å². The van der Waals surface area contributed by atoms with Crippen LogP contribution in [-0.2, 0) is 11.3 Å². The Morgan fingerprint density at radius 3 is 2.57 bits per heavy atom. The molecule has 0 bridgehead atoms. The average molecular weight is 556 g/mol. The molecule has 4 aromatic heterocycles. The fourth-order valence-electron chi connectivity index (χ4n) is 5.57. The highest BCUT2D eigenvalue weighted by atomic mass is 16.2. The molecule has 9 nitrogen and oxygen atoms in total. The van der Waals surface area contributed by atoms with Gasteiger partial charge in [-0.1, -0.05) is 12.1 Å². The van der Waals surface area contributed by atoms with Crippen molar-refractivity contribution in [2.45, 2.75) is 33.2 Å². The SMILES string of the molecule is Cc1cc2nc(CNC(=O)c3cc4c(-c5cncc(-c6ccc(N7CCCC7=O)cc6)c5)ccnc4[nH]3)[nH]c2cc1C. The van der Waals surface area contributed by atoms with E-state index in [0.717, 1.165) is 57.3 Å². The Morgan fingerprint density at radius 2 is 1.76 bits per heavy atom. The number of nitrogens with zero attached hydrogens (tertiary/aromatic N) is 4. The van der Waals surface area contributed by atoms with Gasteiger partial charge in [0, 0.05) is 53.8 Å². The maximum absolute atomic E-state index is 13.1. The van der Waals surface area contributed by atoms with Crippen molar-refractivity contribution in [1.82, 2.24) is 30.2 Å². The number of carbonyl (C=O) groups excluding carboxylic acids is 2. The molecule has 2 aromatic carbocycles. The zero-order chi connectivity index (χ0) is 28.8. The summed E-state index contributed by atoms with van der Waals surface area (Å²) < 4.78 is 0. The summed E-state index contributed by atoms with van der Waals surface area (Å²) in [6.45, 7) is 5.17.